The maximum Gasteiger partial charge on any atom is 0.330 e. The Kier molecular flexibility index (Phi) is 9.23. The van der Waals surface area contributed by atoms with Crippen LogP contribution in [0.5, 0.6) is 0 Å². The Balaban J connectivity index is 3.96. The summed E-state index contributed by atoms with van der Waals surface area (Å²) in [5, 5.41) is 9.93. The third kappa shape index (κ3) is 9.79. The molecule has 0 amide bonds. The molecule has 116 valence electrons. The van der Waals surface area contributed by atoms with Crippen molar-refractivity contribution in [2.75, 3.05) is 7.11 Å². The van der Waals surface area contributed by atoms with Gasteiger partial charge in [0.05, 0.1) is 12.7 Å². The minimum Gasteiger partial charge on any atom is -0.466 e. The minimum absolute atomic E-state index is 0.318. The molecule has 1 N–H and O–H groups in total. The van der Waals surface area contributed by atoms with Crippen LogP contribution in [-0.4, -0.2) is 23.8 Å². The average Bonchev–Trinajstić information content (AvgIpc) is 2.38. The van der Waals surface area contributed by atoms with E-state index >= 15 is 0 Å². The van der Waals surface area contributed by atoms with E-state index in [1.54, 1.807) is 0 Å². The van der Waals surface area contributed by atoms with E-state index in [1.165, 1.54) is 13.2 Å². The first-order valence-electron chi connectivity index (χ1n) is 7.46. The van der Waals surface area contributed by atoms with Crippen molar-refractivity contribution in [3.63, 3.8) is 0 Å². The summed E-state index contributed by atoms with van der Waals surface area (Å²) < 4.78 is 4.57. The summed E-state index contributed by atoms with van der Waals surface area (Å²) in [6, 6.07) is 0. The van der Waals surface area contributed by atoms with Crippen LogP contribution in [0.4, 0.5) is 0 Å². The first-order valence-corrected chi connectivity index (χ1v) is 7.46. The highest BCUT2D eigenvalue weighted by atomic mass is 16.5. The molecule has 0 aromatic carbocycles. The van der Waals surface area contributed by atoms with Gasteiger partial charge in [-0.25, -0.2) is 4.79 Å². The summed E-state index contributed by atoms with van der Waals surface area (Å²) in [6.07, 6.45) is 10.3. The lowest BCUT2D eigenvalue weighted by Gasteiger charge is -2.21. The topological polar surface area (TPSA) is 46.5 Å². The van der Waals surface area contributed by atoms with Crippen molar-refractivity contribution in [1.29, 1.82) is 0 Å². The molecular weight excluding hydrogens is 252 g/mol. The second-order valence-electron chi connectivity index (χ2n) is 5.90. The predicted molar refractivity (Wildman–Crippen MR) is 83.5 cm³/mol. The second kappa shape index (κ2) is 9.76. The minimum atomic E-state index is -0.518. The monoisotopic (exact) mass is 282 g/mol. The van der Waals surface area contributed by atoms with Crippen LogP contribution in [-0.2, 0) is 9.53 Å². The Morgan fingerprint density at radius 3 is 2.65 bits per heavy atom. The molecule has 0 heterocycles. The average molecular weight is 282 g/mol. The maximum absolute atomic E-state index is 11.0. The van der Waals surface area contributed by atoms with Crippen LogP contribution in [0, 0.1) is 5.92 Å². The van der Waals surface area contributed by atoms with Gasteiger partial charge in [-0.05, 0) is 44.6 Å². The number of hydrogen-bond acceptors (Lipinski definition) is 3. The molecule has 0 aromatic rings. The molecule has 0 saturated carbocycles. The van der Waals surface area contributed by atoms with E-state index in [4.69, 9.17) is 0 Å². The molecule has 0 aromatic heterocycles. The summed E-state index contributed by atoms with van der Waals surface area (Å²) in [5.41, 5.74) is 0.382. The van der Waals surface area contributed by atoms with E-state index in [0.29, 0.717) is 5.92 Å². The lowest BCUT2D eigenvalue weighted by atomic mass is 9.92. The van der Waals surface area contributed by atoms with Gasteiger partial charge in [-0.3, -0.25) is 0 Å². The summed E-state index contributed by atoms with van der Waals surface area (Å²) in [4.78, 5) is 11.0. The molecule has 3 heteroatoms. The molecule has 0 fully saturated rings. The van der Waals surface area contributed by atoms with Crippen LogP contribution in [0.25, 0.3) is 0 Å². The zero-order chi connectivity index (χ0) is 15.6. The number of allylic oxidation sites excluding steroid dienone is 3. The first-order chi connectivity index (χ1) is 9.30. The third-order valence-electron chi connectivity index (χ3n) is 3.64. The van der Waals surface area contributed by atoms with Crippen molar-refractivity contribution in [2.45, 2.75) is 65.4 Å². The molecule has 0 radical (unpaired) electrons. The van der Waals surface area contributed by atoms with Crippen LogP contribution in [0.15, 0.2) is 23.8 Å². The molecule has 0 bridgehead atoms. The lowest BCUT2D eigenvalue weighted by molar-refractivity contribution is -0.134. The third-order valence-corrected chi connectivity index (χ3v) is 3.64. The van der Waals surface area contributed by atoms with Crippen molar-refractivity contribution in [3.05, 3.63) is 23.8 Å². The van der Waals surface area contributed by atoms with Gasteiger partial charge in [-0.2, -0.15) is 0 Å². The number of rotatable bonds is 9. The zero-order valence-electron chi connectivity index (χ0n) is 13.6. The SMILES string of the molecule is CCC(C)(O)CCCC(C)C/C=C/C(C)=C/C(=O)OC. The molecule has 2 unspecified atom stereocenters. The number of hydrogen-bond donors (Lipinski definition) is 1. The molecule has 0 aliphatic heterocycles. The lowest BCUT2D eigenvalue weighted by Crippen LogP contribution is -2.22. The van der Waals surface area contributed by atoms with E-state index in [9.17, 15) is 9.90 Å². The summed E-state index contributed by atoms with van der Waals surface area (Å²) in [7, 11) is 1.38. The molecule has 0 saturated heterocycles. The Morgan fingerprint density at radius 1 is 1.45 bits per heavy atom. The number of methoxy groups -OCH3 is 1. The maximum atomic E-state index is 11.0. The number of esters is 1. The highest BCUT2D eigenvalue weighted by Gasteiger charge is 2.16. The Morgan fingerprint density at radius 2 is 2.10 bits per heavy atom. The number of carbonyl (C=O) groups excluding carboxylic acids is 1. The fourth-order valence-electron chi connectivity index (χ4n) is 1.91. The van der Waals surface area contributed by atoms with Gasteiger partial charge < -0.3 is 9.84 Å². The normalized spacial score (nSPS) is 17.0. The van der Waals surface area contributed by atoms with Crippen LogP contribution in [0.2, 0.25) is 0 Å². The van der Waals surface area contributed by atoms with E-state index in [1.807, 2.05) is 26.8 Å². The number of carbonyl (C=O) groups is 1. The molecule has 3 nitrogen and oxygen atoms in total. The van der Waals surface area contributed by atoms with E-state index in [0.717, 1.165) is 37.7 Å². The van der Waals surface area contributed by atoms with Crippen LogP contribution in [0.1, 0.15) is 59.8 Å². The zero-order valence-corrected chi connectivity index (χ0v) is 13.6. The molecule has 0 aliphatic rings. The summed E-state index contributed by atoms with van der Waals surface area (Å²) in [5.74, 6) is 0.270. The molecule has 0 spiro atoms. The van der Waals surface area contributed by atoms with Gasteiger partial charge in [0.1, 0.15) is 0 Å². The van der Waals surface area contributed by atoms with Crippen molar-refractivity contribution in [3.8, 4) is 0 Å². The van der Waals surface area contributed by atoms with Gasteiger partial charge in [-0.15, -0.1) is 0 Å². The quantitative estimate of drug-likeness (QED) is 0.395. The van der Waals surface area contributed by atoms with Gasteiger partial charge in [-0.1, -0.05) is 38.8 Å². The summed E-state index contributed by atoms with van der Waals surface area (Å²) >= 11 is 0. The van der Waals surface area contributed by atoms with E-state index in [2.05, 4.69) is 17.7 Å². The Bertz CT molecular complexity index is 340. The van der Waals surface area contributed by atoms with E-state index < -0.39 is 5.60 Å². The van der Waals surface area contributed by atoms with Crippen LogP contribution >= 0.6 is 0 Å². The molecule has 0 aliphatic carbocycles. The highest BCUT2D eigenvalue weighted by Crippen LogP contribution is 2.20. The standard InChI is InChI=1S/C17H30O3/c1-6-17(4,19)12-8-11-14(2)9-7-10-15(3)13-16(18)20-5/h7,10,13-14,19H,6,8-9,11-12H2,1-5H3/b10-7+,15-13+. The van der Waals surface area contributed by atoms with Crippen molar-refractivity contribution in [1.82, 2.24) is 0 Å². The van der Waals surface area contributed by atoms with Crippen molar-refractivity contribution >= 4 is 5.97 Å². The van der Waals surface area contributed by atoms with Crippen LogP contribution < -0.4 is 0 Å². The van der Waals surface area contributed by atoms with Gasteiger partial charge in [0.2, 0.25) is 0 Å². The number of ether oxygens (including phenoxy) is 1. The Labute approximate surface area is 123 Å². The molecule has 20 heavy (non-hydrogen) atoms. The molecule has 0 rings (SSSR count). The van der Waals surface area contributed by atoms with Crippen molar-refractivity contribution < 1.29 is 14.6 Å². The first kappa shape index (κ1) is 18.9. The fraction of sp³-hybridized carbons (Fsp3) is 0.706. The highest BCUT2D eigenvalue weighted by molar-refractivity contribution is 5.83. The largest absolute Gasteiger partial charge is 0.466 e. The Hall–Kier alpha value is -1.09. The number of aliphatic hydroxyl groups is 1. The van der Waals surface area contributed by atoms with E-state index in [-0.39, 0.29) is 5.97 Å². The van der Waals surface area contributed by atoms with Crippen molar-refractivity contribution in [2.24, 2.45) is 5.92 Å². The smallest absolute Gasteiger partial charge is 0.330 e. The van der Waals surface area contributed by atoms with Gasteiger partial charge in [0, 0.05) is 6.08 Å². The van der Waals surface area contributed by atoms with Gasteiger partial charge in [0.25, 0.3) is 0 Å². The molecule has 2 atom stereocenters. The van der Waals surface area contributed by atoms with Crippen LogP contribution in [0.3, 0.4) is 0 Å². The molecular formula is C17H30O3. The second-order valence-corrected chi connectivity index (χ2v) is 5.90. The van der Waals surface area contributed by atoms with Gasteiger partial charge >= 0.3 is 5.97 Å². The summed E-state index contributed by atoms with van der Waals surface area (Å²) in [6.45, 7) is 8.02. The predicted octanol–water partition coefficient (Wildman–Crippen LogP) is 4.02. The van der Waals surface area contributed by atoms with Gasteiger partial charge in [0.15, 0.2) is 0 Å². The fourth-order valence-corrected chi connectivity index (χ4v) is 1.91.